The molecule has 5 aromatic rings. The molecule has 0 saturated carbocycles. The van der Waals surface area contributed by atoms with Crippen molar-refractivity contribution in [3.63, 3.8) is 0 Å². The van der Waals surface area contributed by atoms with Crippen LogP contribution in [-0.2, 0) is 53.1 Å². The molecule has 4 N–H and O–H groups in total. The Hall–Kier alpha value is -6.99. The molecule has 75 heavy (non-hydrogen) atoms. The van der Waals surface area contributed by atoms with Gasteiger partial charge in [-0.2, -0.15) is 0 Å². The lowest BCUT2D eigenvalue weighted by atomic mass is 9.83. The van der Waals surface area contributed by atoms with E-state index in [9.17, 15) is 38.3 Å². The van der Waals surface area contributed by atoms with Crippen LogP contribution in [0.1, 0.15) is 68.5 Å². The summed E-state index contributed by atoms with van der Waals surface area (Å²) in [6.45, 7) is 13.1. The molecule has 4 aromatic carbocycles. The fraction of sp³-hybridized carbons (Fsp3) is 0.393. The van der Waals surface area contributed by atoms with Gasteiger partial charge in [-0.25, -0.2) is 28.0 Å². The van der Waals surface area contributed by atoms with E-state index in [1.807, 2.05) is 61.7 Å². The van der Waals surface area contributed by atoms with Crippen molar-refractivity contribution in [1.29, 1.82) is 0 Å². The molecule has 0 unspecified atom stereocenters. The molecule has 4 amide bonds. The van der Waals surface area contributed by atoms with Crippen molar-refractivity contribution in [3.05, 3.63) is 155 Å². The highest BCUT2D eigenvalue weighted by Crippen LogP contribution is 2.41. The zero-order chi connectivity index (χ0) is 54.5. The highest BCUT2D eigenvalue weighted by Gasteiger charge is 2.37. The molecule has 1 heterocycles. The second-order valence-electron chi connectivity index (χ2n) is 20.3. The van der Waals surface area contributed by atoms with E-state index in [0.29, 0.717) is 35.3 Å². The monoisotopic (exact) mass is 1070 g/mol. The van der Waals surface area contributed by atoms with Crippen LogP contribution < -0.4 is 16.0 Å². The minimum absolute atomic E-state index is 0.0406. The van der Waals surface area contributed by atoms with Gasteiger partial charge < -0.3 is 44.7 Å². The molecule has 0 aliphatic rings. The smallest absolute Gasteiger partial charge is 0.408 e. The third-order valence-electron chi connectivity index (χ3n) is 11.8. The van der Waals surface area contributed by atoms with Gasteiger partial charge >= 0.3 is 24.1 Å². The summed E-state index contributed by atoms with van der Waals surface area (Å²) < 4.78 is 48.2. The van der Waals surface area contributed by atoms with Crippen molar-refractivity contribution in [2.24, 2.45) is 5.41 Å². The van der Waals surface area contributed by atoms with Crippen LogP contribution in [0.3, 0.4) is 0 Å². The molecule has 19 heteroatoms. The number of amides is 4. The van der Waals surface area contributed by atoms with Gasteiger partial charge in [0.25, 0.3) is 0 Å². The van der Waals surface area contributed by atoms with Gasteiger partial charge in [-0.15, -0.1) is 11.8 Å². The minimum Gasteiger partial charge on any atom is -0.480 e. The minimum atomic E-state index is -1.46. The number of hydrogen-bond acceptors (Lipinski definition) is 10. The van der Waals surface area contributed by atoms with Gasteiger partial charge in [0.1, 0.15) is 36.9 Å². The summed E-state index contributed by atoms with van der Waals surface area (Å²) in [6.07, 6.45) is -0.118. The number of aromatic nitrogens is 1. The standard InChI is InChI=1S/C56H69F2N5O10SSi/c1-56(2,3)51(48-31-42(44-32-43(57)23-24-45(44)58)34-62(48)33-39-17-10-7-11-18-39)63(28-16-27-59-54(69)71-29-30-75(4,5)6)50(65)38-74-37-47(52(66)67)60-49(64)26-25-46(53(68)72-35-40-19-12-8-13-20-40)61-55(70)73-36-41-21-14-9-15-22-41/h7-15,17-24,31-32,34,46-47,51H,16,25-30,33,35-38H2,1-6H3,(H,59,69)(H,60,64)(H,61,70)(H,66,67)/t46-,47-,51-/m0/s1. The van der Waals surface area contributed by atoms with Crippen molar-refractivity contribution in [1.82, 2.24) is 25.4 Å². The molecule has 0 aliphatic carbocycles. The molecule has 402 valence electrons. The number of alkyl carbamates (subject to hydrolysis) is 2. The number of aliphatic carboxylic acids is 1. The van der Waals surface area contributed by atoms with E-state index in [1.165, 1.54) is 0 Å². The molecule has 0 aliphatic heterocycles. The Bertz CT molecular complexity index is 2670. The maximum atomic E-state index is 15.4. The Labute approximate surface area is 443 Å². The molecule has 5 rings (SSSR count). The summed E-state index contributed by atoms with van der Waals surface area (Å²) in [5.41, 5.74) is 2.68. The number of ether oxygens (including phenoxy) is 3. The van der Waals surface area contributed by atoms with Crippen LogP contribution in [0.5, 0.6) is 0 Å². The van der Waals surface area contributed by atoms with Crippen LogP contribution in [0.25, 0.3) is 11.1 Å². The van der Waals surface area contributed by atoms with Crippen molar-refractivity contribution in [2.75, 3.05) is 31.2 Å². The fourth-order valence-electron chi connectivity index (χ4n) is 8.00. The van der Waals surface area contributed by atoms with Crippen LogP contribution >= 0.6 is 11.8 Å². The SMILES string of the molecule is CC(C)(C)[C@H](c1cc(-c2cc(F)ccc2F)cn1Cc1ccccc1)N(CCCNC(=O)OCC[Si](C)(C)C)C(=O)CSC[C@H](NC(=O)CC[C@H](NC(=O)OCc1ccccc1)C(=O)OCc1ccccc1)C(=O)O. The lowest BCUT2D eigenvalue weighted by molar-refractivity contribution is -0.148. The number of carboxylic acid groups (broad SMARTS) is 1. The van der Waals surface area contributed by atoms with Crippen LogP contribution in [0.4, 0.5) is 18.4 Å². The van der Waals surface area contributed by atoms with E-state index in [2.05, 4.69) is 35.6 Å². The van der Waals surface area contributed by atoms with Gasteiger partial charge in [0.15, 0.2) is 0 Å². The Morgan fingerprint density at radius 1 is 0.760 bits per heavy atom. The maximum absolute atomic E-state index is 15.4. The first kappa shape index (κ1) is 58.9. The Morgan fingerprint density at radius 3 is 1.97 bits per heavy atom. The van der Waals surface area contributed by atoms with Crippen molar-refractivity contribution >= 4 is 55.8 Å². The third kappa shape index (κ3) is 20.0. The number of rotatable bonds is 27. The molecular weight excluding hydrogens is 1000 g/mol. The largest absolute Gasteiger partial charge is 0.480 e. The predicted molar refractivity (Wildman–Crippen MR) is 287 cm³/mol. The number of benzene rings is 4. The molecule has 0 saturated heterocycles. The predicted octanol–water partition coefficient (Wildman–Crippen LogP) is 9.97. The Morgan fingerprint density at radius 2 is 1.37 bits per heavy atom. The van der Waals surface area contributed by atoms with Crippen LogP contribution in [-0.4, -0.2) is 102 Å². The van der Waals surface area contributed by atoms with Crippen LogP contribution in [0.2, 0.25) is 25.7 Å². The first-order chi connectivity index (χ1) is 35.7. The summed E-state index contributed by atoms with van der Waals surface area (Å²) in [6, 6.07) is 29.6. The number of carbonyl (C=O) groups is 6. The molecule has 3 atom stereocenters. The zero-order valence-corrected chi connectivity index (χ0v) is 45.3. The summed E-state index contributed by atoms with van der Waals surface area (Å²) in [7, 11) is -1.46. The lowest BCUT2D eigenvalue weighted by Gasteiger charge is -2.41. The third-order valence-corrected chi connectivity index (χ3v) is 14.6. The second kappa shape index (κ2) is 28.6. The molecular formula is C56H69F2N5O10SSi. The van der Waals surface area contributed by atoms with Gasteiger partial charge in [-0.3, -0.25) is 9.59 Å². The molecule has 0 bridgehead atoms. The van der Waals surface area contributed by atoms with Gasteiger partial charge in [0.05, 0.1) is 18.4 Å². The van der Waals surface area contributed by atoms with E-state index in [4.69, 9.17) is 14.2 Å². The summed E-state index contributed by atoms with van der Waals surface area (Å²) in [4.78, 5) is 81.2. The van der Waals surface area contributed by atoms with Gasteiger partial charge in [0.2, 0.25) is 11.8 Å². The highest BCUT2D eigenvalue weighted by molar-refractivity contribution is 8.00. The van der Waals surface area contributed by atoms with Crippen LogP contribution in [0, 0.1) is 17.0 Å². The van der Waals surface area contributed by atoms with Gasteiger partial charge in [-0.1, -0.05) is 131 Å². The molecule has 15 nitrogen and oxygen atoms in total. The van der Waals surface area contributed by atoms with Gasteiger partial charge in [-0.05, 0) is 65.3 Å². The summed E-state index contributed by atoms with van der Waals surface area (Å²) in [5.74, 6) is -5.03. The first-order valence-corrected chi connectivity index (χ1v) is 29.7. The number of hydrogen-bond donors (Lipinski definition) is 4. The fourth-order valence-corrected chi connectivity index (χ4v) is 9.63. The normalized spacial score (nSPS) is 12.6. The number of nitrogens with one attached hydrogen (secondary N) is 3. The maximum Gasteiger partial charge on any atom is 0.408 e. The topological polar surface area (TPSA) is 195 Å². The quantitative estimate of drug-likeness (QED) is 0.0169. The van der Waals surface area contributed by atoms with Gasteiger partial charge in [0, 0.05) is 62.9 Å². The first-order valence-electron chi connectivity index (χ1n) is 24.8. The summed E-state index contributed by atoms with van der Waals surface area (Å²) in [5, 5.41) is 18.0. The Kier molecular flexibility index (Phi) is 22.5. The van der Waals surface area contributed by atoms with Crippen molar-refractivity contribution in [2.45, 2.75) is 104 Å². The summed E-state index contributed by atoms with van der Waals surface area (Å²) >= 11 is 0.986. The van der Waals surface area contributed by atoms with E-state index in [1.54, 1.807) is 71.8 Å². The second-order valence-corrected chi connectivity index (χ2v) is 27.0. The van der Waals surface area contributed by atoms with E-state index < -0.39 is 73.3 Å². The zero-order valence-electron chi connectivity index (χ0n) is 43.4. The number of esters is 1. The highest BCUT2D eigenvalue weighted by atomic mass is 32.2. The van der Waals surface area contributed by atoms with E-state index in [0.717, 1.165) is 41.6 Å². The average molecular weight is 1070 g/mol. The Balaban J connectivity index is 1.32. The number of nitrogens with zero attached hydrogens (tertiary/aromatic N) is 2. The van der Waals surface area contributed by atoms with E-state index in [-0.39, 0.29) is 68.7 Å². The average Bonchev–Trinajstić information content (AvgIpc) is 3.77. The number of carboxylic acids is 1. The van der Waals surface area contributed by atoms with Crippen molar-refractivity contribution in [3.8, 4) is 11.1 Å². The van der Waals surface area contributed by atoms with Crippen molar-refractivity contribution < 1.29 is 56.9 Å². The molecule has 0 fully saturated rings. The lowest BCUT2D eigenvalue weighted by Crippen LogP contribution is -2.46. The molecule has 1 aromatic heterocycles. The molecule has 0 spiro atoms. The number of carbonyl (C=O) groups excluding carboxylic acids is 5. The van der Waals surface area contributed by atoms with E-state index >= 15 is 4.39 Å². The molecule has 0 radical (unpaired) electrons. The number of thioether (sulfide) groups is 1. The number of halogens is 2. The van der Waals surface area contributed by atoms with Crippen LogP contribution in [0.15, 0.2) is 121 Å².